The molecule has 1 aromatic carbocycles. The number of aryl methyl sites for hydroxylation is 2. The number of hydrogen-bond donors (Lipinski definition) is 1. The highest BCUT2D eigenvalue weighted by atomic mass is 16.5. The van der Waals surface area contributed by atoms with E-state index in [2.05, 4.69) is 0 Å². The Morgan fingerprint density at radius 2 is 1.73 bits per heavy atom. The third-order valence-electron chi connectivity index (χ3n) is 1.97. The van der Waals surface area contributed by atoms with Gasteiger partial charge in [-0.3, -0.25) is 0 Å². The zero-order valence-electron chi connectivity index (χ0n) is 9.92. The summed E-state index contributed by atoms with van der Waals surface area (Å²) in [5, 5.41) is 8.82. The van der Waals surface area contributed by atoms with Crippen LogP contribution in [0.3, 0.4) is 0 Å². The highest BCUT2D eigenvalue weighted by molar-refractivity contribution is 5.90. The molecule has 0 atom stereocenters. The van der Waals surface area contributed by atoms with Gasteiger partial charge in [0.15, 0.2) is 0 Å². The van der Waals surface area contributed by atoms with E-state index in [1.54, 1.807) is 13.0 Å². The number of carbonyl (C=O) groups is 1. The van der Waals surface area contributed by atoms with Crippen LogP contribution in [-0.4, -0.2) is 18.2 Å². The smallest absolute Gasteiger partial charge is 0.336 e. The fraction of sp³-hybridized carbons (Fsp3) is 0.417. The van der Waals surface area contributed by atoms with Crippen molar-refractivity contribution in [3.63, 3.8) is 0 Å². The molecule has 84 valence electrons. The number of methoxy groups -OCH3 is 1. The first kappa shape index (κ1) is 13.5. The monoisotopic (exact) mass is 210 g/mol. The lowest BCUT2D eigenvalue weighted by Crippen LogP contribution is -2.01. The van der Waals surface area contributed by atoms with Crippen LogP contribution in [0.5, 0.6) is 5.75 Å². The molecule has 0 unspecified atom stereocenters. The van der Waals surface area contributed by atoms with E-state index >= 15 is 0 Å². The lowest BCUT2D eigenvalue weighted by atomic mass is 10.1. The van der Waals surface area contributed by atoms with Crippen molar-refractivity contribution in [3.05, 3.63) is 28.8 Å². The maximum atomic E-state index is 10.7. The third-order valence-corrected chi connectivity index (χ3v) is 1.97. The van der Waals surface area contributed by atoms with Crippen molar-refractivity contribution in [1.29, 1.82) is 0 Å². The normalized spacial score (nSPS) is 8.87. The van der Waals surface area contributed by atoms with Crippen molar-refractivity contribution in [2.24, 2.45) is 0 Å². The lowest BCUT2D eigenvalue weighted by Gasteiger charge is -2.07. The Morgan fingerprint density at radius 1 is 1.20 bits per heavy atom. The number of carboxylic acid groups (broad SMARTS) is 1. The predicted octanol–water partition coefficient (Wildman–Crippen LogP) is 3.04. The number of aromatic carboxylic acids is 1. The van der Waals surface area contributed by atoms with E-state index in [1.165, 1.54) is 7.11 Å². The van der Waals surface area contributed by atoms with Crippen LogP contribution in [0.15, 0.2) is 12.1 Å². The molecule has 3 nitrogen and oxygen atoms in total. The Balaban J connectivity index is 0.000000921. The predicted molar refractivity (Wildman–Crippen MR) is 60.8 cm³/mol. The summed E-state index contributed by atoms with van der Waals surface area (Å²) in [7, 11) is 1.53. The Labute approximate surface area is 90.7 Å². The molecule has 0 heterocycles. The van der Waals surface area contributed by atoms with E-state index in [0.29, 0.717) is 11.3 Å². The number of benzene rings is 1. The highest BCUT2D eigenvalue weighted by Gasteiger charge is 2.10. The molecule has 0 amide bonds. The minimum atomic E-state index is -0.921. The molecule has 0 bridgehead atoms. The van der Waals surface area contributed by atoms with Crippen LogP contribution >= 0.6 is 0 Å². The summed E-state index contributed by atoms with van der Waals surface area (Å²) in [6.07, 6.45) is 0. The van der Waals surface area contributed by atoms with Gasteiger partial charge < -0.3 is 9.84 Å². The molecule has 1 N–H and O–H groups in total. The Hall–Kier alpha value is -1.51. The zero-order valence-corrected chi connectivity index (χ0v) is 9.92. The van der Waals surface area contributed by atoms with Gasteiger partial charge in [0, 0.05) is 0 Å². The van der Waals surface area contributed by atoms with Gasteiger partial charge >= 0.3 is 5.97 Å². The van der Waals surface area contributed by atoms with Crippen LogP contribution in [0.2, 0.25) is 0 Å². The van der Waals surface area contributed by atoms with Gasteiger partial charge in [-0.05, 0) is 31.0 Å². The second-order valence-corrected chi connectivity index (χ2v) is 2.94. The summed E-state index contributed by atoms with van der Waals surface area (Å²) in [6.45, 7) is 7.66. The Bertz CT molecular complexity index is 343. The first-order valence-corrected chi connectivity index (χ1v) is 4.94. The molecular formula is C12H18O3. The average Bonchev–Trinajstić information content (AvgIpc) is 2.20. The van der Waals surface area contributed by atoms with Crippen LogP contribution < -0.4 is 4.74 Å². The minimum Gasteiger partial charge on any atom is -0.496 e. The van der Waals surface area contributed by atoms with Gasteiger partial charge in [-0.2, -0.15) is 0 Å². The van der Waals surface area contributed by atoms with Crippen molar-refractivity contribution in [2.75, 3.05) is 7.11 Å². The van der Waals surface area contributed by atoms with Crippen molar-refractivity contribution in [1.82, 2.24) is 0 Å². The first-order chi connectivity index (χ1) is 7.06. The van der Waals surface area contributed by atoms with Gasteiger partial charge in [-0.15, -0.1) is 0 Å². The van der Waals surface area contributed by atoms with Crippen molar-refractivity contribution in [3.8, 4) is 5.75 Å². The second kappa shape index (κ2) is 6.06. The van der Waals surface area contributed by atoms with Gasteiger partial charge in [0.2, 0.25) is 0 Å². The molecule has 0 saturated carbocycles. The molecule has 0 aliphatic carbocycles. The zero-order chi connectivity index (χ0) is 12.0. The third kappa shape index (κ3) is 3.27. The van der Waals surface area contributed by atoms with Crippen molar-refractivity contribution in [2.45, 2.75) is 27.7 Å². The Kier molecular flexibility index (Phi) is 5.45. The number of hydrogen-bond acceptors (Lipinski definition) is 2. The van der Waals surface area contributed by atoms with E-state index < -0.39 is 5.97 Å². The fourth-order valence-electron chi connectivity index (χ4n) is 1.28. The summed E-state index contributed by atoms with van der Waals surface area (Å²) in [5.41, 5.74) is 2.00. The van der Waals surface area contributed by atoms with Gasteiger partial charge in [-0.1, -0.05) is 19.9 Å². The summed E-state index contributed by atoms with van der Waals surface area (Å²) >= 11 is 0. The molecule has 3 heteroatoms. The standard InChI is InChI=1S/C10H12O3.C2H6/c1-6-4-7(2)9(13-3)5-8(6)10(11)12;1-2/h4-5H,1-3H3,(H,11,12);1-2H3. The number of carboxylic acids is 1. The second-order valence-electron chi connectivity index (χ2n) is 2.94. The quantitative estimate of drug-likeness (QED) is 0.816. The molecule has 0 aromatic heterocycles. The van der Waals surface area contributed by atoms with Gasteiger partial charge in [0.1, 0.15) is 5.75 Å². The minimum absolute atomic E-state index is 0.294. The molecule has 0 radical (unpaired) electrons. The lowest BCUT2D eigenvalue weighted by molar-refractivity contribution is 0.0695. The van der Waals surface area contributed by atoms with Crippen LogP contribution in [0.4, 0.5) is 0 Å². The molecule has 15 heavy (non-hydrogen) atoms. The molecule has 0 fully saturated rings. The van der Waals surface area contributed by atoms with Crippen molar-refractivity contribution >= 4 is 5.97 Å². The summed E-state index contributed by atoms with van der Waals surface area (Å²) in [4.78, 5) is 10.7. The van der Waals surface area contributed by atoms with E-state index in [9.17, 15) is 4.79 Å². The number of ether oxygens (including phenoxy) is 1. The molecule has 0 aliphatic heterocycles. The van der Waals surface area contributed by atoms with Gasteiger partial charge in [-0.25, -0.2) is 4.79 Å². The van der Waals surface area contributed by atoms with Gasteiger partial charge in [0.25, 0.3) is 0 Å². The van der Waals surface area contributed by atoms with E-state index in [-0.39, 0.29) is 0 Å². The maximum Gasteiger partial charge on any atom is 0.336 e. The van der Waals surface area contributed by atoms with E-state index in [4.69, 9.17) is 9.84 Å². The van der Waals surface area contributed by atoms with Crippen LogP contribution in [-0.2, 0) is 0 Å². The van der Waals surface area contributed by atoms with E-state index in [1.807, 2.05) is 26.8 Å². The summed E-state index contributed by atoms with van der Waals surface area (Å²) in [5.74, 6) is -0.307. The topological polar surface area (TPSA) is 46.5 Å². The highest BCUT2D eigenvalue weighted by Crippen LogP contribution is 2.22. The molecule has 0 saturated heterocycles. The fourth-order valence-corrected chi connectivity index (χ4v) is 1.28. The first-order valence-electron chi connectivity index (χ1n) is 4.94. The summed E-state index contributed by atoms with van der Waals surface area (Å²) < 4.78 is 5.03. The SMILES string of the molecule is CC.COc1cc(C(=O)O)c(C)cc1C. The van der Waals surface area contributed by atoms with Crippen LogP contribution in [0.25, 0.3) is 0 Å². The molecule has 0 aliphatic rings. The Morgan fingerprint density at radius 3 is 2.13 bits per heavy atom. The van der Waals surface area contributed by atoms with E-state index in [0.717, 1.165) is 11.1 Å². The van der Waals surface area contributed by atoms with Crippen LogP contribution in [0.1, 0.15) is 35.3 Å². The molecular weight excluding hydrogens is 192 g/mol. The molecule has 1 rings (SSSR count). The number of rotatable bonds is 2. The summed E-state index contributed by atoms with van der Waals surface area (Å²) in [6, 6.07) is 3.36. The molecule has 1 aromatic rings. The molecule has 0 spiro atoms. The van der Waals surface area contributed by atoms with Gasteiger partial charge in [0.05, 0.1) is 12.7 Å². The van der Waals surface area contributed by atoms with Crippen LogP contribution in [0, 0.1) is 13.8 Å². The largest absolute Gasteiger partial charge is 0.496 e. The average molecular weight is 210 g/mol. The maximum absolute atomic E-state index is 10.7. The van der Waals surface area contributed by atoms with Crippen molar-refractivity contribution < 1.29 is 14.6 Å².